The summed E-state index contributed by atoms with van der Waals surface area (Å²) in [5.74, 6) is -1.31. The Hall–Kier alpha value is -2.96. The third-order valence-electron chi connectivity index (χ3n) is 7.35. The van der Waals surface area contributed by atoms with Crippen molar-refractivity contribution in [2.45, 2.75) is 69.6 Å². The first kappa shape index (κ1) is 26.6. The number of aliphatic hydroxyl groups is 2. The number of rotatable bonds is 5. The molecule has 3 fully saturated rings. The van der Waals surface area contributed by atoms with Gasteiger partial charge in [0.25, 0.3) is 5.91 Å². The van der Waals surface area contributed by atoms with E-state index < -0.39 is 5.79 Å². The molecule has 1 spiro atoms. The van der Waals surface area contributed by atoms with Crippen molar-refractivity contribution in [1.29, 1.82) is 0 Å². The van der Waals surface area contributed by atoms with E-state index in [1.807, 2.05) is 22.8 Å². The molecule has 3 aliphatic rings. The molecule has 4 N–H and O–H groups in total. The smallest absolute Gasteiger partial charge is 0.256 e. The van der Waals surface area contributed by atoms with Gasteiger partial charge >= 0.3 is 0 Å². The summed E-state index contributed by atoms with van der Waals surface area (Å²) < 4.78 is 8.46. The van der Waals surface area contributed by atoms with Crippen molar-refractivity contribution >= 4 is 22.9 Å². The fourth-order valence-corrected chi connectivity index (χ4v) is 5.45. The van der Waals surface area contributed by atoms with Crippen molar-refractivity contribution in [3.8, 4) is 0 Å². The van der Waals surface area contributed by atoms with E-state index in [0.29, 0.717) is 28.1 Å². The Labute approximate surface area is 222 Å². The van der Waals surface area contributed by atoms with Crippen LogP contribution in [0.3, 0.4) is 0 Å². The number of ether oxygens (including phenoxy) is 1. The number of hydrogen-bond acceptors (Lipinski definition) is 9. The lowest BCUT2D eigenvalue weighted by atomic mass is 9.81. The van der Waals surface area contributed by atoms with Crippen LogP contribution in [0.1, 0.15) is 62.5 Å². The maximum absolute atomic E-state index is 12.6. The fourth-order valence-electron chi connectivity index (χ4n) is 5.45. The second-order valence-corrected chi connectivity index (χ2v) is 10.9. The number of carbonyl (C=O) groups excluding carboxylic acids is 1. The second-order valence-electron chi connectivity index (χ2n) is 10.9. The first-order valence-electron chi connectivity index (χ1n) is 13.3. The number of hydrogen-bond donors (Lipinski definition) is 4. The van der Waals surface area contributed by atoms with E-state index in [4.69, 9.17) is 14.9 Å². The number of likely N-dealkylation sites (tertiary alicyclic amines) is 1. The molecule has 0 bridgehead atoms. The zero-order chi connectivity index (χ0) is 26.8. The van der Waals surface area contributed by atoms with E-state index in [9.17, 15) is 4.79 Å². The summed E-state index contributed by atoms with van der Waals surface area (Å²) in [6, 6.07) is 9.08. The zero-order valence-corrected chi connectivity index (χ0v) is 22.0. The van der Waals surface area contributed by atoms with Crippen molar-refractivity contribution in [3.63, 3.8) is 0 Å². The minimum atomic E-state index is -1.50. The maximum Gasteiger partial charge on any atom is 0.256 e. The van der Waals surface area contributed by atoms with Gasteiger partial charge in [-0.15, -0.1) is 0 Å². The second kappa shape index (κ2) is 11.0. The molecule has 204 valence electrons. The van der Waals surface area contributed by atoms with Crippen molar-refractivity contribution in [2.24, 2.45) is 0 Å². The third kappa shape index (κ3) is 6.02. The van der Waals surface area contributed by atoms with Crippen LogP contribution in [0.2, 0.25) is 0 Å². The lowest BCUT2D eigenvalue weighted by Crippen LogP contribution is -2.71. The van der Waals surface area contributed by atoms with Crippen LogP contribution in [0.4, 0.5) is 5.82 Å². The SMILES string of the molecule is CC(C)(O)O.O=C(Nc1ncnc2c1ncn2C1CCC(CN2CCCCC23CNC3)O1)c1ccccc1. The van der Waals surface area contributed by atoms with Gasteiger partial charge in [-0.2, -0.15) is 0 Å². The average molecular weight is 524 g/mol. The molecule has 0 aliphatic carbocycles. The number of benzene rings is 1. The van der Waals surface area contributed by atoms with E-state index in [2.05, 4.69) is 30.5 Å². The number of amides is 1. The number of carbonyl (C=O) groups is 1. The summed E-state index contributed by atoms with van der Waals surface area (Å²) in [4.78, 5) is 28.5. The molecule has 1 amide bonds. The van der Waals surface area contributed by atoms with Gasteiger partial charge in [-0.1, -0.05) is 24.6 Å². The predicted molar refractivity (Wildman–Crippen MR) is 142 cm³/mol. The topological polar surface area (TPSA) is 138 Å². The Balaban J connectivity index is 0.000000540. The number of nitrogens with zero attached hydrogens (tertiary/aromatic N) is 5. The molecule has 5 heterocycles. The van der Waals surface area contributed by atoms with E-state index in [1.54, 1.807) is 18.5 Å². The van der Waals surface area contributed by atoms with Gasteiger partial charge < -0.3 is 25.6 Å². The Bertz CT molecular complexity index is 1230. The summed E-state index contributed by atoms with van der Waals surface area (Å²) in [5, 5.41) is 22.5. The van der Waals surface area contributed by atoms with Crippen LogP contribution in [0, 0.1) is 0 Å². The minimum absolute atomic E-state index is 0.104. The van der Waals surface area contributed by atoms with Crippen molar-refractivity contribution in [3.05, 3.63) is 48.5 Å². The lowest BCUT2D eigenvalue weighted by molar-refractivity contribution is -0.127. The van der Waals surface area contributed by atoms with Crippen LogP contribution in [-0.2, 0) is 4.74 Å². The van der Waals surface area contributed by atoms with E-state index in [0.717, 1.165) is 39.0 Å². The average Bonchev–Trinajstić information content (AvgIpc) is 3.50. The van der Waals surface area contributed by atoms with Gasteiger partial charge in [0, 0.05) is 30.7 Å². The number of anilines is 1. The van der Waals surface area contributed by atoms with Crippen LogP contribution in [0.15, 0.2) is 43.0 Å². The molecule has 0 radical (unpaired) electrons. The van der Waals surface area contributed by atoms with Gasteiger partial charge in [-0.3, -0.25) is 14.3 Å². The number of piperidine rings is 1. The lowest BCUT2D eigenvalue weighted by Gasteiger charge is -2.54. The first-order valence-corrected chi connectivity index (χ1v) is 13.3. The van der Waals surface area contributed by atoms with Gasteiger partial charge in [0.15, 0.2) is 22.8 Å². The van der Waals surface area contributed by atoms with Crippen LogP contribution in [-0.4, -0.2) is 84.1 Å². The monoisotopic (exact) mass is 523 g/mol. The molecule has 3 aromatic rings. The molecular weight excluding hydrogens is 486 g/mol. The first-order chi connectivity index (χ1) is 18.2. The van der Waals surface area contributed by atoms with Gasteiger partial charge in [-0.05, 0) is 58.2 Å². The Morgan fingerprint density at radius 3 is 2.63 bits per heavy atom. The van der Waals surface area contributed by atoms with Crippen molar-refractivity contribution < 1.29 is 19.7 Å². The quantitative estimate of drug-likeness (QED) is 0.371. The molecule has 3 saturated heterocycles. The van der Waals surface area contributed by atoms with Gasteiger partial charge in [0.1, 0.15) is 12.6 Å². The van der Waals surface area contributed by atoms with Crippen LogP contribution in [0.25, 0.3) is 11.2 Å². The Morgan fingerprint density at radius 2 is 1.92 bits per heavy atom. The molecule has 3 aliphatic heterocycles. The highest BCUT2D eigenvalue weighted by Crippen LogP contribution is 2.36. The highest BCUT2D eigenvalue weighted by Gasteiger charge is 2.45. The Kier molecular flexibility index (Phi) is 7.73. The molecule has 2 aromatic heterocycles. The summed E-state index contributed by atoms with van der Waals surface area (Å²) in [6.45, 7) is 6.95. The summed E-state index contributed by atoms with van der Waals surface area (Å²) in [5.41, 5.74) is 2.17. The standard InChI is InChI=1S/C24H29N7O2.C3H8O2/c32-23(17-6-2-1-3-7-17)29-21-20-22(27-15-26-21)31(16-28-20)19-9-8-18(33-19)12-30-11-5-4-10-24(30)13-25-14-24;1-3(2,4)5/h1-3,6-7,15-16,18-19,25H,4-5,8-14H2,(H,26,27,29,32);4-5H,1-2H3. The molecule has 1 aromatic carbocycles. The number of nitrogens with one attached hydrogen (secondary N) is 2. The molecular formula is C27H37N7O4. The summed E-state index contributed by atoms with van der Waals surface area (Å²) in [6.07, 6.45) is 9.16. The van der Waals surface area contributed by atoms with E-state index >= 15 is 0 Å². The zero-order valence-electron chi connectivity index (χ0n) is 22.0. The summed E-state index contributed by atoms with van der Waals surface area (Å²) in [7, 11) is 0. The number of aromatic nitrogens is 4. The van der Waals surface area contributed by atoms with Crippen LogP contribution >= 0.6 is 0 Å². The van der Waals surface area contributed by atoms with Crippen LogP contribution < -0.4 is 10.6 Å². The Morgan fingerprint density at radius 1 is 1.16 bits per heavy atom. The predicted octanol–water partition coefficient (Wildman–Crippen LogP) is 2.29. The molecule has 6 rings (SSSR count). The fraction of sp³-hybridized carbons (Fsp3) is 0.556. The minimum Gasteiger partial charge on any atom is -0.366 e. The van der Waals surface area contributed by atoms with Gasteiger partial charge in [0.2, 0.25) is 0 Å². The molecule has 2 unspecified atom stereocenters. The largest absolute Gasteiger partial charge is 0.366 e. The number of imidazole rings is 1. The highest BCUT2D eigenvalue weighted by molar-refractivity contribution is 6.06. The summed E-state index contributed by atoms with van der Waals surface area (Å²) >= 11 is 0. The molecule has 0 saturated carbocycles. The highest BCUT2D eigenvalue weighted by atomic mass is 16.5. The van der Waals surface area contributed by atoms with Gasteiger partial charge in [-0.25, -0.2) is 15.0 Å². The molecule has 11 heteroatoms. The number of fused-ring (bicyclic) bond motifs is 1. The van der Waals surface area contributed by atoms with Gasteiger partial charge in [0.05, 0.1) is 12.4 Å². The molecule has 38 heavy (non-hydrogen) atoms. The maximum atomic E-state index is 12.6. The molecule has 2 atom stereocenters. The van der Waals surface area contributed by atoms with E-state index in [-0.39, 0.29) is 18.2 Å². The normalized spacial score (nSPS) is 23.1. The molecule has 11 nitrogen and oxygen atoms in total. The van der Waals surface area contributed by atoms with E-state index in [1.165, 1.54) is 39.4 Å². The van der Waals surface area contributed by atoms with Crippen LogP contribution in [0.5, 0.6) is 0 Å². The third-order valence-corrected chi connectivity index (χ3v) is 7.35. The van der Waals surface area contributed by atoms with Crippen molar-refractivity contribution in [1.82, 2.24) is 29.7 Å². The van der Waals surface area contributed by atoms with Crippen molar-refractivity contribution in [2.75, 3.05) is 31.5 Å².